The second kappa shape index (κ2) is 19.7. The second-order valence-corrected chi connectivity index (χ2v) is 9.79. The molecular formula is C23H42Cl2CuN6. The summed E-state index contributed by atoms with van der Waals surface area (Å²) in [7, 11) is 25.8. The minimum absolute atomic E-state index is 0. The summed E-state index contributed by atoms with van der Waals surface area (Å²) in [6.07, 6.45) is 0. The molecule has 0 aliphatic rings. The van der Waals surface area contributed by atoms with Crippen LogP contribution in [0.4, 0.5) is 0 Å². The molecule has 0 saturated carbocycles. The molecule has 2 aromatic rings. The van der Waals surface area contributed by atoms with Crippen molar-refractivity contribution in [3.8, 4) is 0 Å². The average Bonchev–Trinajstić information content (AvgIpc) is 2.61. The third-order valence-corrected chi connectivity index (χ3v) is 3.64. The third kappa shape index (κ3) is 18.8. The van der Waals surface area contributed by atoms with Gasteiger partial charge in [0.05, 0.1) is 22.8 Å². The van der Waals surface area contributed by atoms with Crippen molar-refractivity contribution in [3.63, 3.8) is 0 Å². The van der Waals surface area contributed by atoms with Crippen molar-refractivity contribution in [2.75, 3.05) is 56.4 Å². The van der Waals surface area contributed by atoms with E-state index >= 15 is 0 Å². The van der Waals surface area contributed by atoms with Gasteiger partial charge in [-0.2, -0.15) is 0 Å². The van der Waals surface area contributed by atoms with Gasteiger partial charge in [-0.15, -0.1) is 0 Å². The normalized spacial score (nSPS) is 10.6. The van der Waals surface area contributed by atoms with E-state index < -0.39 is 0 Å². The molecule has 9 heteroatoms. The van der Waals surface area contributed by atoms with Gasteiger partial charge < -0.3 is 19.6 Å². The van der Waals surface area contributed by atoms with Crippen molar-refractivity contribution in [1.82, 2.24) is 29.6 Å². The van der Waals surface area contributed by atoms with E-state index in [1.54, 1.807) is 0 Å². The van der Waals surface area contributed by atoms with Crippen LogP contribution in [0.15, 0.2) is 36.4 Å². The standard InChI is InChI=1S/2C11H19N3.CH4.2ClH.Cu/c2*1-13(2)8-10-6-5-7-11(12-10)9-14(3)4;;;;/h2*5-7H,8-9H2,1-4H3;1H4;2*1H;/q;;;;;+2/p-2. The van der Waals surface area contributed by atoms with Gasteiger partial charge in [-0.25, -0.2) is 0 Å². The van der Waals surface area contributed by atoms with E-state index in [4.69, 9.17) is 0 Å². The Morgan fingerprint density at radius 2 is 0.750 bits per heavy atom. The van der Waals surface area contributed by atoms with Crippen LogP contribution in [-0.2, 0) is 39.3 Å². The van der Waals surface area contributed by atoms with Gasteiger partial charge in [0.25, 0.3) is 0 Å². The molecule has 0 atom stereocenters. The molecule has 2 aromatic heterocycles. The van der Waals surface area contributed by atoms with Gasteiger partial charge in [0.1, 0.15) is 0 Å². The first-order chi connectivity index (χ1) is 14.6. The summed E-state index contributed by atoms with van der Waals surface area (Å²) in [6, 6.07) is 12.4. The van der Waals surface area contributed by atoms with Crippen molar-refractivity contribution in [3.05, 3.63) is 59.2 Å². The van der Waals surface area contributed by atoms with Crippen LogP contribution in [-0.4, -0.2) is 85.9 Å². The fraction of sp³-hybridized carbons (Fsp3) is 0.565. The van der Waals surface area contributed by atoms with Crippen LogP contribution in [0, 0.1) is 0 Å². The zero-order valence-electron chi connectivity index (χ0n) is 20.0. The van der Waals surface area contributed by atoms with Crippen LogP contribution in [0.2, 0.25) is 0 Å². The topological polar surface area (TPSA) is 38.7 Å². The van der Waals surface area contributed by atoms with Gasteiger partial charge in [0.15, 0.2) is 0 Å². The molecule has 0 spiro atoms. The Kier molecular flexibility index (Phi) is 20.6. The summed E-state index contributed by atoms with van der Waals surface area (Å²) in [5.74, 6) is 0. The van der Waals surface area contributed by atoms with Gasteiger partial charge in [-0.1, -0.05) is 19.6 Å². The molecule has 0 radical (unpaired) electrons. The summed E-state index contributed by atoms with van der Waals surface area (Å²) in [5.41, 5.74) is 4.53. The van der Waals surface area contributed by atoms with Crippen LogP contribution in [0.3, 0.4) is 0 Å². The third-order valence-electron chi connectivity index (χ3n) is 3.64. The van der Waals surface area contributed by atoms with Crippen molar-refractivity contribution in [2.24, 2.45) is 0 Å². The van der Waals surface area contributed by atoms with Gasteiger partial charge in [-0.3, -0.25) is 9.97 Å². The van der Waals surface area contributed by atoms with E-state index in [1.807, 2.05) is 0 Å². The number of pyridine rings is 2. The zero-order valence-corrected chi connectivity index (χ0v) is 22.5. The molecule has 0 saturated heterocycles. The van der Waals surface area contributed by atoms with Crippen molar-refractivity contribution < 1.29 is 13.1 Å². The van der Waals surface area contributed by atoms with E-state index in [2.05, 4.69) is 143 Å². The summed E-state index contributed by atoms with van der Waals surface area (Å²) >= 11 is 0.757. The molecule has 0 amide bonds. The Balaban J connectivity index is 0. The quantitative estimate of drug-likeness (QED) is 0.465. The Morgan fingerprint density at radius 1 is 0.562 bits per heavy atom. The summed E-state index contributed by atoms with van der Waals surface area (Å²) < 4.78 is 0. The van der Waals surface area contributed by atoms with Crippen LogP contribution >= 0.6 is 20.2 Å². The molecular weight excluding hydrogens is 495 g/mol. The van der Waals surface area contributed by atoms with E-state index in [9.17, 15) is 0 Å². The first kappa shape index (κ1) is 33.4. The van der Waals surface area contributed by atoms with E-state index in [1.165, 1.54) is 0 Å². The maximum atomic E-state index is 4.67. The molecule has 189 valence electrons. The Bertz CT molecular complexity index is 604. The number of hydrogen-bond acceptors (Lipinski definition) is 6. The van der Waals surface area contributed by atoms with Gasteiger partial charge in [0.2, 0.25) is 0 Å². The minimum atomic E-state index is 0. The van der Waals surface area contributed by atoms with Crippen LogP contribution in [0.25, 0.3) is 0 Å². The van der Waals surface area contributed by atoms with Gasteiger partial charge in [0, 0.05) is 26.2 Å². The van der Waals surface area contributed by atoms with E-state index in [0.29, 0.717) is 0 Å². The van der Waals surface area contributed by atoms with Crippen molar-refractivity contribution in [1.29, 1.82) is 0 Å². The monoisotopic (exact) mass is 535 g/mol. The van der Waals surface area contributed by atoms with E-state index in [0.717, 1.165) is 62.1 Å². The van der Waals surface area contributed by atoms with Gasteiger partial charge in [-0.05, 0) is 80.6 Å². The molecule has 0 bridgehead atoms. The molecule has 32 heavy (non-hydrogen) atoms. The molecule has 0 aliphatic carbocycles. The number of hydrogen-bond donors (Lipinski definition) is 0. The molecule has 0 aliphatic heterocycles. The van der Waals surface area contributed by atoms with Crippen molar-refractivity contribution in [2.45, 2.75) is 33.6 Å². The molecule has 2 heterocycles. The van der Waals surface area contributed by atoms with Crippen molar-refractivity contribution >= 4 is 20.2 Å². The Labute approximate surface area is 211 Å². The Hall–Kier alpha value is -0.761. The van der Waals surface area contributed by atoms with Crippen LogP contribution < -0.4 is 0 Å². The molecule has 0 N–H and O–H groups in total. The molecule has 6 nitrogen and oxygen atoms in total. The molecule has 0 unspecified atom stereocenters. The predicted octanol–water partition coefficient (Wildman–Crippen LogP) is 4.42. The molecule has 0 fully saturated rings. The number of nitrogens with zero attached hydrogens (tertiary/aromatic N) is 6. The Morgan fingerprint density at radius 3 is 0.906 bits per heavy atom. The predicted molar refractivity (Wildman–Crippen MR) is 136 cm³/mol. The first-order valence-electron chi connectivity index (χ1n) is 9.87. The number of rotatable bonds is 8. The SMILES string of the molecule is C.CN(C)Cc1cccc(CN(C)C)n1.CN(C)Cc1cccc(CN(C)C)n1.[Cl][Cu][Cl]. The maximum absolute atomic E-state index is 4.67. The first-order valence-corrected chi connectivity index (χ1v) is 12.5. The second-order valence-electron chi connectivity index (χ2n) is 8.23. The molecule has 0 aromatic carbocycles. The molecule has 2 rings (SSSR count). The van der Waals surface area contributed by atoms with Crippen LogP contribution in [0.1, 0.15) is 30.2 Å². The summed E-state index contributed by atoms with van der Waals surface area (Å²) in [4.78, 5) is 17.6. The fourth-order valence-corrected chi connectivity index (χ4v) is 2.71. The number of halogens is 2. The number of aromatic nitrogens is 2. The summed E-state index contributed by atoms with van der Waals surface area (Å²) in [6.45, 7) is 3.62. The van der Waals surface area contributed by atoms with Crippen LogP contribution in [0.5, 0.6) is 0 Å². The average molecular weight is 537 g/mol. The fourth-order valence-electron chi connectivity index (χ4n) is 2.71. The zero-order chi connectivity index (χ0) is 23.8. The van der Waals surface area contributed by atoms with E-state index in [-0.39, 0.29) is 7.43 Å². The summed E-state index contributed by atoms with van der Waals surface area (Å²) in [5, 5.41) is 0. The van der Waals surface area contributed by atoms with Gasteiger partial charge >= 0.3 is 33.3 Å².